The number of hydrogen-bond donors (Lipinski definition) is 1. The van der Waals surface area contributed by atoms with Crippen LogP contribution in [0.5, 0.6) is 0 Å². The van der Waals surface area contributed by atoms with Crippen molar-refractivity contribution in [3.63, 3.8) is 0 Å². The summed E-state index contributed by atoms with van der Waals surface area (Å²) < 4.78 is 0.891. The third kappa shape index (κ3) is 3.89. The van der Waals surface area contributed by atoms with Gasteiger partial charge in [-0.15, -0.1) is 22.7 Å². The van der Waals surface area contributed by atoms with Crippen molar-refractivity contribution in [1.82, 2.24) is 5.32 Å². The summed E-state index contributed by atoms with van der Waals surface area (Å²) in [4.78, 5) is 4.51. The van der Waals surface area contributed by atoms with E-state index < -0.39 is 0 Å². The van der Waals surface area contributed by atoms with Gasteiger partial charge in [0.2, 0.25) is 0 Å². The highest BCUT2D eigenvalue weighted by molar-refractivity contribution is 7.16. The van der Waals surface area contributed by atoms with Gasteiger partial charge in [-0.2, -0.15) is 0 Å². The minimum Gasteiger partial charge on any atom is -0.309 e. The molecular formula is C17H22ClNS2. The third-order valence-corrected chi connectivity index (χ3v) is 6.70. The summed E-state index contributed by atoms with van der Waals surface area (Å²) in [6, 6.07) is 7.07. The van der Waals surface area contributed by atoms with Gasteiger partial charge in [0.15, 0.2) is 0 Å². The molecule has 0 bridgehead atoms. The molecule has 0 fully saturated rings. The lowest BCUT2D eigenvalue weighted by Gasteiger charge is -2.15. The molecule has 1 nitrogen and oxygen atoms in total. The zero-order valence-electron chi connectivity index (χ0n) is 12.5. The Labute approximate surface area is 140 Å². The maximum Gasteiger partial charge on any atom is 0.0931 e. The Hall–Kier alpha value is -0.350. The summed E-state index contributed by atoms with van der Waals surface area (Å²) in [7, 11) is 0. The van der Waals surface area contributed by atoms with Gasteiger partial charge in [-0.3, -0.25) is 0 Å². The summed E-state index contributed by atoms with van der Waals surface area (Å²) >= 11 is 9.81. The first-order valence-corrected chi connectivity index (χ1v) is 9.86. The number of nitrogens with one attached hydrogen (secondary N) is 1. The van der Waals surface area contributed by atoms with Gasteiger partial charge in [0.05, 0.1) is 4.34 Å². The molecule has 1 atom stereocenters. The molecule has 0 radical (unpaired) electrons. The zero-order chi connectivity index (χ0) is 14.7. The second kappa shape index (κ2) is 7.28. The first-order valence-electron chi connectivity index (χ1n) is 7.85. The molecule has 1 N–H and O–H groups in total. The van der Waals surface area contributed by atoms with Crippen LogP contribution >= 0.6 is 34.3 Å². The summed E-state index contributed by atoms with van der Waals surface area (Å²) in [6.07, 6.45) is 7.71. The lowest BCUT2D eigenvalue weighted by Crippen LogP contribution is -2.21. The predicted octanol–water partition coefficient (Wildman–Crippen LogP) is 5.63. The van der Waals surface area contributed by atoms with E-state index >= 15 is 0 Å². The molecule has 2 heterocycles. The highest BCUT2D eigenvalue weighted by Gasteiger charge is 2.19. The van der Waals surface area contributed by atoms with E-state index in [9.17, 15) is 0 Å². The van der Waals surface area contributed by atoms with Crippen LogP contribution in [0.4, 0.5) is 0 Å². The average Bonchev–Trinajstić information content (AvgIpc) is 2.99. The topological polar surface area (TPSA) is 12.0 Å². The molecule has 2 aromatic rings. The number of likely N-dealkylation sites (N-methyl/N-ethyl adjacent to an activating group) is 1. The van der Waals surface area contributed by atoms with Crippen LogP contribution in [0, 0.1) is 0 Å². The van der Waals surface area contributed by atoms with E-state index in [0.717, 1.165) is 17.3 Å². The molecule has 1 aliphatic carbocycles. The Morgan fingerprint density at radius 3 is 2.81 bits per heavy atom. The van der Waals surface area contributed by atoms with Crippen LogP contribution in [0.1, 0.15) is 52.4 Å². The molecule has 0 amide bonds. The van der Waals surface area contributed by atoms with Crippen LogP contribution in [-0.4, -0.2) is 6.54 Å². The van der Waals surface area contributed by atoms with Crippen molar-refractivity contribution < 1.29 is 0 Å². The smallest absolute Gasteiger partial charge is 0.0931 e. The molecule has 4 heteroatoms. The molecule has 114 valence electrons. The monoisotopic (exact) mass is 339 g/mol. The standard InChI is InChI=1S/C17H22ClNS2/c1-2-19-14(11-13-8-9-17(18)20-13)16-10-12-6-4-3-5-7-15(12)21-16/h8-10,14,19H,2-7,11H2,1H3. The Bertz CT molecular complexity index is 564. The van der Waals surface area contributed by atoms with Crippen LogP contribution in [0.25, 0.3) is 0 Å². The first kappa shape index (κ1) is 15.5. The van der Waals surface area contributed by atoms with E-state index in [0.29, 0.717) is 6.04 Å². The van der Waals surface area contributed by atoms with Gasteiger partial charge in [-0.25, -0.2) is 0 Å². The molecule has 0 spiro atoms. The maximum absolute atomic E-state index is 6.07. The van der Waals surface area contributed by atoms with E-state index in [4.69, 9.17) is 11.6 Å². The molecule has 0 aliphatic heterocycles. The summed E-state index contributed by atoms with van der Waals surface area (Å²) in [5, 5.41) is 3.66. The van der Waals surface area contributed by atoms with E-state index in [1.54, 1.807) is 21.8 Å². The number of halogens is 1. The second-order valence-corrected chi connectivity index (χ2v) is 8.65. The minimum absolute atomic E-state index is 0.432. The summed E-state index contributed by atoms with van der Waals surface area (Å²) in [5.74, 6) is 0. The van der Waals surface area contributed by atoms with Crippen LogP contribution in [0.3, 0.4) is 0 Å². The highest BCUT2D eigenvalue weighted by Crippen LogP contribution is 2.34. The van der Waals surface area contributed by atoms with Gasteiger partial charge in [-0.05, 0) is 56.0 Å². The SMILES string of the molecule is CCNC(Cc1ccc(Cl)s1)c1cc2c(s1)CCCCC2. The maximum atomic E-state index is 6.07. The van der Waals surface area contributed by atoms with E-state index in [-0.39, 0.29) is 0 Å². The minimum atomic E-state index is 0.432. The van der Waals surface area contributed by atoms with Crippen molar-refractivity contribution in [2.24, 2.45) is 0 Å². The molecule has 1 aliphatic rings. The van der Waals surface area contributed by atoms with E-state index in [1.165, 1.54) is 41.9 Å². The molecule has 3 rings (SSSR count). The van der Waals surface area contributed by atoms with Crippen molar-refractivity contribution >= 4 is 34.3 Å². The molecule has 0 saturated heterocycles. The third-order valence-electron chi connectivity index (χ3n) is 4.09. The lowest BCUT2D eigenvalue weighted by atomic mass is 10.1. The fourth-order valence-electron chi connectivity index (χ4n) is 3.04. The number of fused-ring (bicyclic) bond motifs is 1. The largest absolute Gasteiger partial charge is 0.309 e. The van der Waals surface area contributed by atoms with Gasteiger partial charge in [0.1, 0.15) is 0 Å². The summed E-state index contributed by atoms with van der Waals surface area (Å²) in [6.45, 7) is 3.19. The molecule has 1 unspecified atom stereocenters. The van der Waals surface area contributed by atoms with Crippen molar-refractivity contribution in [1.29, 1.82) is 0 Å². The van der Waals surface area contributed by atoms with Crippen LogP contribution in [-0.2, 0) is 19.3 Å². The van der Waals surface area contributed by atoms with Gasteiger partial charge in [-0.1, -0.05) is 24.9 Å². The average molecular weight is 340 g/mol. The summed E-state index contributed by atoms with van der Waals surface area (Å²) in [5.41, 5.74) is 1.61. The zero-order valence-corrected chi connectivity index (χ0v) is 14.8. The van der Waals surface area contributed by atoms with Gasteiger partial charge < -0.3 is 5.32 Å². The van der Waals surface area contributed by atoms with Crippen LogP contribution in [0.2, 0.25) is 4.34 Å². The lowest BCUT2D eigenvalue weighted by molar-refractivity contribution is 0.561. The number of hydrogen-bond acceptors (Lipinski definition) is 3. The Kier molecular flexibility index (Phi) is 5.38. The number of aryl methyl sites for hydroxylation is 2. The fourth-order valence-corrected chi connectivity index (χ4v) is 5.51. The van der Waals surface area contributed by atoms with Crippen molar-refractivity contribution in [3.8, 4) is 0 Å². The Morgan fingerprint density at radius 1 is 1.19 bits per heavy atom. The Morgan fingerprint density at radius 2 is 2.05 bits per heavy atom. The van der Waals surface area contributed by atoms with Gasteiger partial charge in [0, 0.05) is 27.1 Å². The van der Waals surface area contributed by atoms with Crippen molar-refractivity contribution in [3.05, 3.63) is 42.7 Å². The first-order chi connectivity index (χ1) is 10.3. The van der Waals surface area contributed by atoms with E-state index in [2.05, 4.69) is 24.4 Å². The molecule has 0 aromatic carbocycles. The van der Waals surface area contributed by atoms with Crippen LogP contribution in [0.15, 0.2) is 18.2 Å². The normalized spacial score (nSPS) is 16.5. The van der Waals surface area contributed by atoms with Crippen molar-refractivity contribution in [2.45, 2.75) is 51.5 Å². The van der Waals surface area contributed by atoms with E-state index in [1.807, 2.05) is 17.4 Å². The van der Waals surface area contributed by atoms with Crippen molar-refractivity contribution in [2.75, 3.05) is 6.54 Å². The van der Waals surface area contributed by atoms with Crippen LogP contribution < -0.4 is 5.32 Å². The quantitative estimate of drug-likeness (QED) is 0.696. The Balaban J connectivity index is 1.80. The number of rotatable bonds is 5. The van der Waals surface area contributed by atoms with Gasteiger partial charge in [0.25, 0.3) is 0 Å². The predicted molar refractivity (Wildman–Crippen MR) is 95.0 cm³/mol. The molecule has 21 heavy (non-hydrogen) atoms. The highest BCUT2D eigenvalue weighted by atomic mass is 35.5. The second-order valence-electron chi connectivity index (χ2n) is 5.68. The van der Waals surface area contributed by atoms with Gasteiger partial charge >= 0.3 is 0 Å². The molecule has 2 aromatic heterocycles. The molecule has 0 saturated carbocycles. The number of thiophene rings is 2. The molecular weight excluding hydrogens is 318 g/mol. The fraction of sp³-hybridized carbons (Fsp3) is 0.529.